The number of aromatic nitrogens is 3. The number of nitrogens with zero attached hydrogens (tertiary/aromatic N) is 3. The number of carbonyl (C=O) groups excluding carboxylic acids is 1. The van der Waals surface area contributed by atoms with E-state index >= 15 is 0 Å². The van der Waals surface area contributed by atoms with Gasteiger partial charge in [0.25, 0.3) is 0 Å². The molecule has 1 aliphatic carbocycles. The highest BCUT2D eigenvalue weighted by atomic mass is 16.5. The van der Waals surface area contributed by atoms with Crippen molar-refractivity contribution in [2.75, 3.05) is 13.7 Å². The molecule has 2 aromatic rings. The third-order valence-corrected chi connectivity index (χ3v) is 5.07. The Morgan fingerprint density at radius 2 is 2.11 bits per heavy atom. The van der Waals surface area contributed by atoms with Crippen LogP contribution >= 0.6 is 0 Å². The smallest absolute Gasteiger partial charge is 0.225 e. The van der Waals surface area contributed by atoms with Gasteiger partial charge in [-0.1, -0.05) is 19.1 Å². The molecule has 1 amide bonds. The van der Waals surface area contributed by atoms with Gasteiger partial charge in [-0.05, 0) is 37.8 Å². The second-order valence-electron chi connectivity index (χ2n) is 7.20. The minimum Gasteiger partial charge on any atom is -0.494 e. The topological polar surface area (TPSA) is 118 Å². The van der Waals surface area contributed by atoms with E-state index in [0.717, 1.165) is 37.2 Å². The molecule has 8 nitrogen and oxygen atoms in total. The molecule has 0 bridgehead atoms. The maximum Gasteiger partial charge on any atom is 0.225 e. The number of benzene rings is 1. The summed E-state index contributed by atoms with van der Waals surface area (Å²) in [6.07, 6.45) is 3.44. The molecule has 1 aromatic heterocycles. The summed E-state index contributed by atoms with van der Waals surface area (Å²) in [5, 5.41) is 4.56. The number of hydrogen-bond acceptors (Lipinski definition) is 6. The van der Waals surface area contributed by atoms with Crippen molar-refractivity contribution in [3.8, 4) is 11.4 Å². The zero-order valence-corrected chi connectivity index (χ0v) is 16.5. The van der Waals surface area contributed by atoms with E-state index in [4.69, 9.17) is 20.9 Å². The Labute approximate surface area is 165 Å². The van der Waals surface area contributed by atoms with Crippen LogP contribution in [0.25, 0.3) is 5.69 Å². The number of methoxy groups -OCH3 is 1. The highest BCUT2D eigenvalue weighted by molar-refractivity contribution is 5.75. The normalized spacial score (nSPS) is 22.2. The predicted octanol–water partition coefficient (Wildman–Crippen LogP) is 1.69. The van der Waals surface area contributed by atoms with Gasteiger partial charge in [0.2, 0.25) is 5.91 Å². The Kier molecular flexibility index (Phi) is 6.64. The van der Waals surface area contributed by atoms with E-state index in [-0.39, 0.29) is 24.5 Å². The molecule has 8 heteroatoms. The van der Waals surface area contributed by atoms with Crippen molar-refractivity contribution in [2.24, 2.45) is 11.5 Å². The summed E-state index contributed by atoms with van der Waals surface area (Å²) in [6.45, 7) is 2.78. The number of ether oxygens (including phenoxy) is 2. The van der Waals surface area contributed by atoms with Crippen molar-refractivity contribution in [3.05, 3.63) is 35.9 Å². The Morgan fingerprint density at radius 1 is 1.32 bits per heavy atom. The Morgan fingerprint density at radius 3 is 2.82 bits per heavy atom. The fourth-order valence-electron chi connectivity index (χ4n) is 3.69. The average molecular weight is 387 g/mol. The standard InChI is InChI=1S/C20H29N5O3/c1-3-10-28-17-11-13(8-9-14(17)21)20-23-19(12-18(22)26)24-25(20)15-6-4-5-7-16(15)27-2/h4-7,13-14,17H,3,8-12,21H2,1-2H3,(H2,22,26)/t13-,14-,17-/m0/s1. The number of hydrogen-bond donors (Lipinski definition) is 2. The lowest BCUT2D eigenvalue weighted by Gasteiger charge is -2.33. The summed E-state index contributed by atoms with van der Waals surface area (Å²) in [4.78, 5) is 16.1. The fraction of sp³-hybridized carbons (Fsp3) is 0.550. The minimum atomic E-state index is -0.460. The minimum absolute atomic E-state index is 0.00283. The molecule has 1 aromatic carbocycles. The van der Waals surface area contributed by atoms with Crippen LogP contribution in [0, 0.1) is 0 Å². The molecule has 0 saturated heterocycles. The molecular formula is C20H29N5O3. The highest BCUT2D eigenvalue weighted by Crippen LogP contribution is 2.35. The predicted molar refractivity (Wildman–Crippen MR) is 105 cm³/mol. The highest BCUT2D eigenvalue weighted by Gasteiger charge is 2.33. The zero-order chi connectivity index (χ0) is 20.1. The van der Waals surface area contributed by atoms with Crippen LogP contribution in [0.4, 0.5) is 0 Å². The monoisotopic (exact) mass is 387 g/mol. The van der Waals surface area contributed by atoms with Crippen LogP contribution in [-0.4, -0.2) is 46.5 Å². The fourth-order valence-corrected chi connectivity index (χ4v) is 3.69. The van der Waals surface area contributed by atoms with Crippen molar-refractivity contribution in [1.82, 2.24) is 14.8 Å². The Bertz CT molecular complexity index is 807. The molecule has 0 aliphatic heterocycles. The molecule has 3 atom stereocenters. The average Bonchev–Trinajstić information content (AvgIpc) is 3.10. The SMILES string of the molecule is CCCO[C@H]1C[C@@H](c2nc(CC(N)=O)nn2-c2ccccc2OC)CC[C@@H]1N. The van der Waals surface area contributed by atoms with E-state index in [1.165, 1.54) is 0 Å². The molecule has 28 heavy (non-hydrogen) atoms. The first kappa shape index (κ1) is 20.3. The van der Waals surface area contributed by atoms with Gasteiger partial charge in [0, 0.05) is 18.6 Å². The molecule has 4 N–H and O–H groups in total. The number of primary amides is 1. The van der Waals surface area contributed by atoms with Gasteiger partial charge in [0.15, 0.2) is 5.82 Å². The van der Waals surface area contributed by atoms with Crippen molar-refractivity contribution in [1.29, 1.82) is 0 Å². The summed E-state index contributed by atoms with van der Waals surface area (Å²) < 4.78 is 13.2. The second kappa shape index (κ2) is 9.16. The summed E-state index contributed by atoms with van der Waals surface area (Å²) in [6, 6.07) is 7.64. The van der Waals surface area contributed by atoms with E-state index < -0.39 is 5.91 Å². The first-order valence-corrected chi connectivity index (χ1v) is 9.78. The van der Waals surface area contributed by atoms with Gasteiger partial charge in [0.1, 0.15) is 17.3 Å². The maximum atomic E-state index is 11.4. The molecule has 0 radical (unpaired) electrons. The number of carbonyl (C=O) groups is 1. The number of nitrogens with two attached hydrogens (primary N) is 2. The van der Waals surface area contributed by atoms with E-state index in [1.807, 2.05) is 24.3 Å². The molecule has 152 valence electrons. The van der Waals surface area contributed by atoms with Crippen LogP contribution in [0.2, 0.25) is 0 Å². The van der Waals surface area contributed by atoms with Crippen molar-refractivity contribution >= 4 is 5.91 Å². The van der Waals surface area contributed by atoms with Crippen LogP contribution < -0.4 is 16.2 Å². The number of rotatable bonds is 8. The van der Waals surface area contributed by atoms with Crippen LogP contribution in [-0.2, 0) is 16.0 Å². The van der Waals surface area contributed by atoms with Gasteiger partial charge in [-0.15, -0.1) is 0 Å². The zero-order valence-electron chi connectivity index (χ0n) is 16.5. The molecular weight excluding hydrogens is 358 g/mol. The lowest BCUT2D eigenvalue weighted by molar-refractivity contribution is -0.117. The summed E-state index contributed by atoms with van der Waals surface area (Å²) in [5.74, 6) is 1.55. The third-order valence-electron chi connectivity index (χ3n) is 5.07. The van der Waals surface area contributed by atoms with Gasteiger partial charge in [-0.3, -0.25) is 4.79 Å². The largest absolute Gasteiger partial charge is 0.494 e. The van der Waals surface area contributed by atoms with E-state index in [0.29, 0.717) is 18.2 Å². The Balaban J connectivity index is 1.97. The molecule has 1 fully saturated rings. The lowest BCUT2D eigenvalue weighted by atomic mass is 9.83. The van der Waals surface area contributed by atoms with Gasteiger partial charge in [0.05, 0.1) is 19.6 Å². The van der Waals surface area contributed by atoms with Gasteiger partial charge < -0.3 is 20.9 Å². The van der Waals surface area contributed by atoms with Gasteiger partial charge >= 0.3 is 0 Å². The molecule has 0 spiro atoms. The van der Waals surface area contributed by atoms with Crippen LogP contribution in [0.3, 0.4) is 0 Å². The van der Waals surface area contributed by atoms with E-state index in [9.17, 15) is 4.79 Å². The first-order valence-electron chi connectivity index (χ1n) is 9.78. The second-order valence-corrected chi connectivity index (χ2v) is 7.20. The van der Waals surface area contributed by atoms with Crippen LogP contribution in [0.15, 0.2) is 24.3 Å². The summed E-state index contributed by atoms with van der Waals surface area (Å²) in [5.41, 5.74) is 12.4. The van der Waals surface area contributed by atoms with Crippen molar-refractivity contribution in [2.45, 2.75) is 57.1 Å². The van der Waals surface area contributed by atoms with Gasteiger partial charge in [-0.25, -0.2) is 9.67 Å². The first-order chi connectivity index (χ1) is 13.5. The van der Waals surface area contributed by atoms with Crippen LogP contribution in [0.5, 0.6) is 5.75 Å². The lowest BCUT2D eigenvalue weighted by Crippen LogP contribution is -2.42. The molecule has 1 heterocycles. The quantitative estimate of drug-likeness (QED) is 0.712. The van der Waals surface area contributed by atoms with E-state index in [2.05, 4.69) is 17.0 Å². The Hall–Kier alpha value is -2.45. The van der Waals surface area contributed by atoms with Crippen molar-refractivity contribution < 1.29 is 14.3 Å². The summed E-state index contributed by atoms with van der Waals surface area (Å²) in [7, 11) is 1.62. The third kappa shape index (κ3) is 4.51. The molecule has 3 rings (SSSR count). The van der Waals surface area contributed by atoms with Gasteiger partial charge in [-0.2, -0.15) is 5.10 Å². The van der Waals surface area contributed by atoms with Crippen molar-refractivity contribution in [3.63, 3.8) is 0 Å². The summed E-state index contributed by atoms with van der Waals surface area (Å²) >= 11 is 0. The molecule has 1 aliphatic rings. The molecule has 1 saturated carbocycles. The van der Waals surface area contributed by atoms with Crippen LogP contribution in [0.1, 0.15) is 50.2 Å². The van der Waals surface area contributed by atoms with E-state index in [1.54, 1.807) is 11.8 Å². The number of amides is 1. The molecule has 0 unspecified atom stereocenters. The number of para-hydroxylation sites is 2. The maximum absolute atomic E-state index is 11.4.